The monoisotopic (exact) mass is 331 g/mol. The Hall–Kier alpha value is -0.390. The van der Waals surface area contributed by atoms with E-state index in [0.717, 1.165) is 48.2 Å². The minimum Gasteiger partial charge on any atom is -0.389 e. The standard InChI is InChI=1S/C14H26BrN3O/c1-5-8-14(4,19)10-16-9-12-13(15)11(6-2)17-18(12)7-3/h16,19H,5-10H2,1-4H3. The van der Waals surface area contributed by atoms with E-state index in [1.165, 1.54) is 0 Å². The number of halogens is 1. The Kier molecular flexibility index (Phi) is 6.50. The maximum Gasteiger partial charge on any atom is 0.0767 e. The van der Waals surface area contributed by atoms with Gasteiger partial charge in [-0.1, -0.05) is 20.3 Å². The molecule has 4 nitrogen and oxygen atoms in total. The maximum atomic E-state index is 10.1. The number of rotatable bonds is 8. The Bertz CT molecular complexity index is 402. The molecule has 0 saturated heterocycles. The predicted octanol–water partition coefficient (Wildman–Crippen LogP) is 2.87. The van der Waals surface area contributed by atoms with E-state index in [9.17, 15) is 5.11 Å². The molecule has 2 N–H and O–H groups in total. The highest BCUT2D eigenvalue weighted by atomic mass is 79.9. The Morgan fingerprint density at radius 2 is 2.05 bits per heavy atom. The fraction of sp³-hybridized carbons (Fsp3) is 0.786. The molecule has 1 heterocycles. The van der Waals surface area contributed by atoms with Gasteiger partial charge in [-0.25, -0.2) is 0 Å². The zero-order valence-electron chi connectivity index (χ0n) is 12.5. The molecule has 19 heavy (non-hydrogen) atoms. The van der Waals surface area contributed by atoms with Crippen LogP contribution in [0.2, 0.25) is 0 Å². The first kappa shape index (κ1) is 16.7. The van der Waals surface area contributed by atoms with Crippen molar-refractivity contribution >= 4 is 15.9 Å². The van der Waals surface area contributed by atoms with Crippen molar-refractivity contribution in [3.8, 4) is 0 Å². The lowest BCUT2D eigenvalue weighted by atomic mass is 10.0. The summed E-state index contributed by atoms with van der Waals surface area (Å²) in [6, 6.07) is 0. The molecule has 1 rings (SSSR count). The highest BCUT2D eigenvalue weighted by molar-refractivity contribution is 9.10. The summed E-state index contributed by atoms with van der Waals surface area (Å²) in [5.41, 5.74) is 1.62. The predicted molar refractivity (Wildman–Crippen MR) is 82.2 cm³/mol. The van der Waals surface area contributed by atoms with Gasteiger partial charge in [-0.15, -0.1) is 0 Å². The van der Waals surface area contributed by atoms with Gasteiger partial charge in [0.2, 0.25) is 0 Å². The van der Waals surface area contributed by atoms with Gasteiger partial charge >= 0.3 is 0 Å². The van der Waals surface area contributed by atoms with Gasteiger partial charge in [-0.3, -0.25) is 4.68 Å². The number of hydrogen-bond donors (Lipinski definition) is 2. The molecule has 0 bridgehead atoms. The van der Waals surface area contributed by atoms with E-state index in [1.54, 1.807) is 0 Å². The molecule has 1 unspecified atom stereocenters. The molecular weight excluding hydrogens is 306 g/mol. The van der Waals surface area contributed by atoms with Crippen molar-refractivity contribution in [1.29, 1.82) is 0 Å². The number of aliphatic hydroxyl groups is 1. The van der Waals surface area contributed by atoms with Crippen molar-refractivity contribution < 1.29 is 5.11 Å². The second-order valence-electron chi connectivity index (χ2n) is 5.23. The normalized spacial score (nSPS) is 14.6. The fourth-order valence-corrected chi connectivity index (χ4v) is 2.97. The van der Waals surface area contributed by atoms with Crippen LogP contribution in [0.1, 0.15) is 51.9 Å². The first-order valence-electron chi connectivity index (χ1n) is 7.12. The maximum absolute atomic E-state index is 10.1. The fourth-order valence-electron chi connectivity index (χ4n) is 2.26. The zero-order valence-corrected chi connectivity index (χ0v) is 14.0. The van der Waals surface area contributed by atoms with Crippen LogP contribution in [0.3, 0.4) is 0 Å². The van der Waals surface area contributed by atoms with Crippen molar-refractivity contribution in [2.75, 3.05) is 6.54 Å². The van der Waals surface area contributed by atoms with Crippen LogP contribution < -0.4 is 5.32 Å². The third kappa shape index (κ3) is 4.58. The second-order valence-corrected chi connectivity index (χ2v) is 6.02. The summed E-state index contributed by atoms with van der Waals surface area (Å²) < 4.78 is 3.12. The summed E-state index contributed by atoms with van der Waals surface area (Å²) in [6.45, 7) is 10.4. The molecule has 1 aromatic heterocycles. The molecule has 0 radical (unpaired) electrons. The molecular formula is C14H26BrN3O. The molecule has 110 valence electrons. The minimum atomic E-state index is -0.633. The molecule has 0 spiro atoms. The summed E-state index contributed by atoms with van der Waals surface area (Å²) >= 11 is 3.63. The van der Waals surface area contributed by atoms with Crippen molar-refractivity contribution in [2.45, 2.75) is 65.6 Å². The van der Waals surface area contributed by atoms with Crippen molar-refractivity contribution in [3.63, 3.8) is 0 Å². The molecule has 0 amide bonds. The average Bonchev–Trinajstić information content (AvgIpc) is 2.66. The first-order chi connectivity index (χ1) is 8.95. The molecule has 0 saturated carbocycles. The van der Waals surface area contributed by atoms with Gasteiger partial charge in [-0.2, -0.15) is 5.10 Å². The number of hydrogen-bond acceptors (Lipinski definition) is 3. The molecule has 0 aliphatic carbocycles. The van der Waals surface area contributed by atoms with E-state index < -0.39 is 5.60 Å². The molecule has 1 aromatic rings. The van der Waals surface area contributed by atoms with Crippen LogP contribution in [0.4, 0.5) is 0 Å². The van der Waals surface area contributed by atoms with Crippen LogP contribution in [0.5, 0.6) is 0 Å². The molecule has 0 aromatic carbocycles. The van der Waals surface area contributed by atoms with Gasteiger partial charge in [-0.05, 0) is 42.6 Å². The lowest BCUT2D eigenvalue weighted by Crippen LogP contribution is -2.37. The Balaban J connectivity index is 2.65. The molecule has 1 atom stereocenters. The summed E-state index contributed by atoms with van der Waals surface area (Å²) in [5.74, 6) is 0. The number of nitrogens with zero attached hydrogens (tertiary/aromatic N) is 2. The van der Waals surface area contributed by atoms with Gasteiger partial charge in [0.15, 0.2) is 0 Å². The summed E-state index contributed by atoms with van der Waals surface area (Å²) in [5, 5.41) is 18.0. The highest BCUT2D eigenvalue weighted by Crippen LogP contribution is 2.22. The van der Waals surface area contributed by atoms with E-state index >= 15 is 0 Å². The van der Waals surface area contributed by atoms with E-state index in [-0.39, 0.29) is 0 Å². The third-order valence-corrected chi connectivity index (χ3v) is 4.20. The Labute approximate surface area is 124 Å². The Morgan fingerprint density at radius 3 is 2.58 bits per heavy atom. The minimum absolute atomic E-state index is 0.601. The van der Waals surface area contributed by atoms with E-state index in [4.69, 9.17) is 0 Å². The van der Waals surface area contributed by atoms with Crippen LogP contribution >= 0.6 is 15.9 Å². The summed E-state index contributed by atoms with van der Waals surface area (Å²) in [7, 11) is 0. The molecule has 0 fully saturated rings. The van der Waals surface area contributed by atoms with Crippen molar-refractivity contribution in [1.82, 2.24) is 15.1 Å². The number of aromatic nitrogens is 2. The van der Waals surface area contributed by atoms with Gasteiger partial charge in [0.05, 0.1) is 21.5 Å². The SMILES string of the molecule is CCCC(C)(O)CNCc1c(Br)c(CC)nn1CC. The van der Waals surface area contributed by atoms with Crippen molar-refractivity contribution in [3.05, 3.63) is 15.9 Å². The van der Waals surface area contributed by atoms with E-state index in [2.05, 4.69) is 47.1 Å². The largest absolute Gasteiger partial charge is 0.389 e. The van der Waals surface area contributed by atoms with Crippen LogP contribution in [0.25, 0.3) is 0 Å². The topological polar surface area (TPSA) is 50.1 Å². The Morgan fingerprint density at radius 1 is 1.37 bits per heavy atom. The van der Waals surface area contributed by atoms with Crippen LogP contribution in [0.15, 0.2) is 4.47 Å². The summed E-state index contributed by atoms with van der Waals surface area (Å²) in [6.07, 6.45) is 2.73. The van der Waals surface area contributed by atoms with Gasteiger partial charge < -0.3 is 10.4 Å². The van der Waals surface area contributed by atoms with Gasteiger partial charge in [0, 0.05) is 19.6 Å². The van der Waals surface area contributed by atoms with Crippen LogP contribution in [-0.2, 0) is 19.5 Å². The lowest BCUT2D eigenvalue weighted by Gasteiger charge is -2.23. The van der Waals surface area contributed by atoms with E-state index in [0.29, 0.717) is 6.54 Å². The number of aryl methyl sites for hydroxylation is 2. The smallest absolute Gasteiger partial charge is 0.0767 e. The van der Waals surface area contributed by atoms with Crippen LogP contribution in [0, 0.1) is 0 Å². The first-order valence-corrected chi connectivity index (χ1v) is 7.91. The highest BCUT2D eigenvalue weighted by Gasteiger charge is 2.19. The third-order valence-electron chi connectivity index (χ3n) is 3.28. The lowest BCUT2D eigenvalue weighted by molar-refractivity contribution is 0.0496. The second kappa shape index (κ2) is 7.41. The van der Waals surface area contributed by atoms with Gasteiger partial charge in [0.1, 0.15) is 0 Å². The van der Waals surface area contributed by atoms with Crippen LogP contribution in [-0.4, -0.2) is 27.0 Å². The molecule has 0 aliphatic heterocycles. The quantitative estimate of drug-likeness (QED) is 0.770. The van der Waals surface area contributed by atoms with Gasteiger partial charge in [0.25, 0.3) is 0 Å². The zero-order chi connectivity index (χ0) is 14.5. The average molecular weight is 332 g/mol. The molecule has 0 aliphatic rings. The summed E-state index contributed by atoms with van der Waals surface area (Å²) in [4.78, 5) is 0. The molecule has 5 heteroatoms. The van der Waals surface area contributed by atoms with E-state index in [1.807, 2.05) is 11.6 Å². The van der Waals surface area contributed by atoms with Crippen molar-refractivity contribution in [2.24, 2.45) is 0 Å². The number of nitrogens with one attached hydrogen (secondary N) is 1.